The number of hydrogen-bond acceptors (Lipinski definition) is 1. The molecule has 80 valence electrons. The summed E-state index contributed by atoms with van der Waals surface area (Å²) in [7, 11) is 0. The van der Waals surface area contributed by atoms with Gasteiger partial charge in [0.1, 0.15) is 0 Å². The minimum atomic E-state index is 0.814. The van der Waals surface area contributed by atoms with Crippen LogP contribution in [0.1, 0.15) is 24.8 Å². The van der Waals surface area contributed by atoms with E-state index in [1.54, 1.807) is 0 Å². The minimum absolute atomic E-state index is 0.814. The SMILES string of the molecule is Cc1ccccc1NCC1CC=CCC1. The predicted octanol–water partition coefficient (Wildman–Crippen LogP) is 3.76. The van der Waals surface area contributed by atoms with Crippen LogP contribution in [0.15, 0.2) is 36.4 Å². The Hall–Kier alpha value is -1.24. The van der Waals surface area contributed by atoms with Gasteiger partial charge >= 0.3 is 0 Å². The molecule has 0 saturated carbocycles. The summed E-state index contributed by atoms with van der Waals surface area (Å²) < 4.78 is 0. The second-order valence-corrected chi connectivity index (χ2v) is 4.35. The maximum Gasteiger partial charge on any atom is 0.0369 e. The highest BCUT2D eigenvalue weighted by Crippen LogP contribution is 2.20. The molecule has 0 heterocycles. The Labute approximate surface area is 92.2 Å². The summed E-state index contributed by atoms with van der Waals surface area (Å²) in [5.74, 6) is 0.814. The van der Waals surface area contributed by atoms with Crippen molar-refractivity contribution in [1.29, 1.82) is 0 Å². The summed E-state index contributed by atoms with van der Waals surface area (Å²) >= 11 is 0. The molecular formula is C14H19N. The molecule has 0 saturated heterocycles. The van der Waals surface area contributed by atoms with E-state index in [2.05, 4.69) is 48.7 Å². The molecule has 1 aliphatic carbocycles. The quantitative estimate of drug-likeness (QED) is 0.734. The van der Waals surface area contributed by atoms with Gasteiger partial charge in [0.15, 0.2) is 0 Å². The molecule has 0 fully saturated rings. The third-order valence-electron chi connectivity index (χ3n) is 3.10. The third kappa shape index (κ3) is 2.85. The van der Waals surface area contributed by atoms with E-state index in [9.17, 15) is 0 Å². The van der Waals surface area contributed by atoms with E-state index < -0.39 is 0 Å². The number of rotatable bonds is 3. The van der Waals surface area contributed by atoms with Crippen molar-refractivity contribution < 1.29 is 0 Å². The molecule has 0 amide bonds. The van der Waals surface area contributed by atoms with Gasteiger partial charge in [0.2, 0.25) is 0 Å². The van der Waals surface area contributed by atoms with Crippen molar-refractivity contribution >= 4 is 5.69 Å². The number of benzene rings is 1. The first-order valence-corrected chi connectivity index (χ1v) is 5.81. The Morgan fingerprint density at radius 2 is 2.13 bits per heavy atom. The summed E-state index contributed by atoms with van der Waals surface area (Å²) in [6.07, 6.45) is 8.42. The smallest absolute Gasteiger partial charge is 0.0369 e. The molecule has 0 aromatic heterocycles. The molecule has 0 aliphatic heterocycles. The van der Waals surface area contributed by atoms with Crippen molar-refractivity contribution in [2.75, 3.05) is 11.9 Å². The molecule has 0 spiro atoms. The Bertz CT molecular complexity index is 341. The molecule has 15 heavy (non-hydrogen) atoms. The maximum atomic E-state index is 3.55. The molecule has 2 rings (SSSR count). The highest BCUT2D eigenvalue weighted by atomic mass is 14.9. The van der Waals surface area contributed by atoms with Gasteiger partial charge in [-0.15, -0.1) is 0 Å². The Morgan fingerprint density at radius 1 is 1.27 bits per heavy atom. The van der Waals surface area contributed by atoms with Gasteiger partial charge in [0, 0.05) is 12.2 Å². The van der Waals surface area contributed by atoms with Crippen LogP contribution in [-0.2, 0) is 0 Å². The number of nitrogens with one attached hydrogen (secondary N) is 1. The van der Waals surface area contributed by atoms with Crippen LogP contribution in [0.5, 0.6) is 0 Å². The number of hydrogen-bond donors (Lipinski definition) is 1. The number of aryl methyl sites for hydroxylation is 1. The fourth-order valence-corrected chi connectivity index (χ4v) is 2.07. The number of allylic oxidation sites excluding steroid dienone is 2. The zero-order valence-corrected chi connectivity index (χ0v) is 9.37. The summed E-state index contributed by atoms with van der Waals surface area (Å²) in [6.45, 7) is 3.26. The molecular weight excluding hydrogens is 182 g/mol. The monoisotopic (exact) mass is 201 g/mol. The van der Waals surface area contributed by atoms with Crippen LogP contribution < -0.4 is 5.32 Å². The van der Waals surface area contributed by atoms with Crippen molar-refractivity contribution in [2.24, 2.45) is 5.92 Å². The van der Waals surface area contributed by atoms with Gasteiger partial charge in [-0.05, 0) is 43.7 Å². The van der Waals surface area contributed by atoms with E-state index >= 15 is 0 Å². The average molecular weight is 201 g/mol. The average Bonchev–Trinajstić information content (AvgIpc) is 2.29. The molecule has 1 N–H and O–H groups in total. The lowest BCUT2D eigenvalue weighted by Crippen LogP contribution is -2.15. The van der Waals surface area contributed by atoms with Crippen LogP contribution in [0.3, 0.4) is 0 Å². The maximum absolute atomic E-state index is 3.55. The van der Waals surface area contributed by atoms with Crippen LogP contribution >= 0.6 is 0 Å². The fourth-order valence-electron chi connectivity index (χ4n) is 2.07. The first kappa shape index (κ1) is 10.3. The zero-order valence-electron chi connectivity index (χ0n) is 9.37. The zero-order chi connectivity index (χ0) is 10.5. The van der Waals surface area contributed by atoms with E-state index in [1.807, 2.05) is 0 Å². The normalized spacial score (nSPS) is 20.2. The molecule has 0 radical (unpaired) electrons. The molecule has 1 aliphatic rings. The van der Waals surface area contributed by atoms with Gasteiger partial charge in [-0.25, -0.2) is 0 Å². The van der Waals surface area contributed by atoms with Crippen LogP contribution in [0, 0.1) is 12.8 Å². The van der Waals surface area contributed by atoms with E-state index in [1.165, 1.54) is 30.5 Å². The van der Waals surface area contributed by atoms with Gasteiger partial charge in [-0.3, -0.25) is 0 Å². The van der Waals surface area contributed by atoms with Gasteiger partial charge in [-0.1, -0.05) is 30.4 Å². The topological polar surface area (TPSA) is 12.0 Å². The molecule has 0 bridgehead atoms. The van der Waals surface area contributed by atoms with Crippen molar-refractivity contribution in [1.82, 2.24) is 0 Å². The highest BCUT2D eigenvalue weighted by molar-refractivity contribution is 5.50. The van der Waals surface area contributed by atoms with Crippen LogP contribution in [0.4, 0.5) is 5.69 Å². The lowest BCUT2D eigenvalue weighted by atomic mass is 9.94. The summed E-state index contributed by atoms with van der Waals surface area (Å²) in [6, 6.07) is 8.50. The van der Waals surface area contributed by atoms with Crippen LogP contribution in [0.25, 0.3) is 0 Å². The summed E-state index contributed by atoms with van der Waals surface area (Å²) in [5, 5.41) is 3.55. The highest BCUT2D eigenvalue weighted by Gasteiger charge is 2.09. The van der Waals surface area contributed by atoms with Gasteiger partial charge in [-0.2, -0.15) is 0 Å². The lowest BCUT2D eigenvalue weighted by molar-refractivity contribution is 0.504. The first-order valence-electron chi connectivity index (χ1n) is 5.81. The third-order valence-corrected chi connectivity index (χ3v) is 3.10. The fraction of sp³-hybridized carbons (Fsp3) is 0.429. The van der Waals surface area contributed by atoms with Gasteiger partial charge in [0.25, 0.3) is 0 Å². The molecule has 1 unspecified atom stereocenters. The van der Waals surface area contributed by atoms with E-state index in [-0.39, 0.29) is 0 Å². The molecule has 1 nitrogen and oxygen atoms in total. The van der Waals surface area contributed by atoms with Crippen molar-refractivity contribution in [3.8, 4) is 0 Å². The number of anilines is 1. The second kappa shape index (κ2) is 5.01. The van der Waals surface area contributed by atoms with Crippen LogP contribution in [-0.4, -0.2) is 6.54 Å². The van der Waals surface area contributed by atoms with Crippen molar-refractivity contribution in [3.63, 3.8) is 0 Å². The standard InChI is InChI=1S/C14H19N/c1-12-7-5-6-10-14(12)15-11-13-8-3-2-4-9-13/h2-3,5-7,10,13,15H,4,8-9,11H2,1H3. The first-order chi connectivity index (χ1) is 7.36. The lowest BCUT2D eigenvalue weighted by Gasteiger charge is -2.19. The second-order valence-electron chi connectivity index (χ2n) is 4.35. The summed E-state index contributed by atoms with van der Waals surface area (Å²) in [5.41, 5.74) is 2.62. The Balaban J connectivity index is 1.87. The van der Waals surface area contributed by atoms with Crippen LogP contribution in [0.2, 0.25) is 0 Å². The molecule has 1 aromatic rings. The van der Waals surface area contributed by atoms with E-state index in [0.717, 1.165) is 12.5 Å². The molecule has 1 heteroatoms. The van der Waals surface area contributed by atoms with Gasteiger partial charge in [0.05, 0.1) is 0 Å². The van der Waals surface area contributed by atoms with E-state index in [0.29, 0.717) is 0 Å². The van der Waals surface area contributed by atoms with Crippen molar-refractivity contribution in [3.05, 3.63) is 42.0 Å². The van der Waals surface area contributed by atoms with Crippen molar-refractivity contribution in [2.45, 2.75) is 26.2 Å². The molecule has 1 aromatic carbocycles. The largest absolute Gasteiger partial charge is 0.385 e. The predicted molar refractivity (Wildman–Crippen MR) is 66.1 cm³/mol. The van der Waals surface area contributed by atoms with E-state index in [4.69, 9.17) is 0 Å². The molecule has 1 atom stereocenters. The Kier molecular flexibility index (Phi) is 3.44. The van der Waals surface area contributed by atoms with Gasteiger partial charge < -0.3 is 5.32 Å². The minimum Gasteiger partial charge on any atom is -0.385 e. The Morgan fingerprint density at radius 3 is 2.87 bits per heavy atom. The number of para-hydroxylation sites is 1. The summed E-state index contributed by atoms with van der Waals surface area (Å²) in [4.78, 5) is 0.